The predicted octanol–water partition coefficient (Wildman–Crippen LogP) is 0.696. The summed E-state index contributed by atoms with van der Waals surface area (Å²) in [5.41, 5.74) is 0. The summed E-state index contributed by atoms with van der Waals surface area (Å²) in [6.07, 6.45) is 2.99. The molecule has 1 fully saturated rings. The van der Waals surface area contributed by atoms with Gasteiger partial charge in [0.15, 0.2) is 0 Å². The number of carboxylic acid groups (broad SMARTS) is 1. The van der Waals surface area contributed by atoms with E-state index in [1.807, 2.05) is 0 Å². The fraction of sp³-hybridized carbons (Fsp3) is 0.900. The van der Waals surface area contributed by atoms with Crippen LogP contribution in [0.15, 0.2) is 0 Å². The van der Waals surface area contributed by atoms with E-state index in [0.29, 0.717) is 6.54 Å². The lowest BCUT2D eigenvalue weighted by atomic mass is 9.99. The van der Waals surface area contributed by atoms with Crippen molar-refractivity contribution in [2.45, 2.75) is 44.8 Å². The van der Waals surface area contributed by atoms with E-state index in [2.05, 4.69) is 4.90 Å². The molecule has 0 aliphatic carbocycles. The van der Waals surface area contributed by atoms with Crippen LogP contribution in [-0.4, -0.2) is 46.3 Å². The van der Waals surface area contributed by atoms with Crippen LogP contribution in [0.25, 0.3) is 0 Å². The summed E-state index contributed by atoms with van der Waals surface area (Å²) in [5, 5.41) is 18.0. The van der Waals surface area contributed by atoms with Gasteiger partial charge >= 0.3 is 5.97 Å². The minimum atomic E-state index is -0.743. The van der Waals surface area contributed by atoms with Gasteiger partial charge in [0.05, 0.1) is 12.5 Å². The number of nitrogens with zero attached hydrogens (tertiary/aromatic N) is 1. The number of aliphatic hydroxyl groups is 1. The Bertz CT molecular complexity index is 194. The van der Waals surface area contributed by atoms with Gasteiger partial charge in [-0.2, -0.15) is 0 Å². The molecule has 0 aromatic carbocycles. The second-order valence-electron chi connectivity index (χ2n) is 4.09. The Labute approximate surface area is 84.5 Å². The first-order valence-corrected chi connectivity index (χ1v) is 5.23. The average molecular weight is 201 g/mol. The fourth-order valence-corrected chi connectivity index (χ4v) is 2.07. The van der Waals surface area contributed by atoms with Crippen molar-refractivity contribution in [3.8, 4) is 0 Å². The second kappa shape index (κ2) is 5.32. The highest BCUT2D eigenvalue weighted by Gasteiger charge is 2.24. The molecule has 0 aromatic heterocycles. The predicted molar refractivity (Wildman–Crippen MR) is 53.1 cm³/mol. The third-order valence-corrected chi connectivity index (χ3v) is 2.66. The molecule has 1 heterocycles. The standard InChI is InChI=1S/C10H19NO3/c1-8(12)7-11-5-3-2-4-9(11)6-10(13)14/h8-9,12H,2-7H2,1H3,(H,13,14). The Balaban J connectivity index is 2.45. The van der Waals surface area contributed by atoms with E-state index in [4.69, 9.17) is 5.11 Å². The highest BCUT2D eigenvalue weighted by molar-refractivity contribution is 5.67. The van der Waals surface area contributed by atoms with Gasteiger partial charge in [-0.05, 0) is 26.3 Å². The Morgan fingerprint density at radius 1 is 1.57 bits per heavy atom. The van der Waals surface area contributed by atoms with Gasteiger partial charge < -0.3 is 10.2 Å². The van der Waals surface area contributed by atoms with E-state index in [0.717, 1.165) is 25.8 Å². The monoisotopic (exact) mass is 201 g/mol. The van der Waals surface area contributed by atoms with Crippen molar-refractivity contribution < 1.29 is 15.0 Å². The third-order valence-electron chi connectivity index (χ3n) is 2.66. The number of hydrogen-bond acceptors (Lipinski definition) is 3. The van der Waals surface area contributed by atoms with Gasteiger partial charge in [0, 0.05) is 12.6 Å². The lowest BCUT2D eigenvalue weighted by Crippen LogP contribution is -2.44. The van der Waals surface area contributed by atoms with Gasteiger partial charge in [-0.3, -0.25) is 9.69 Å². The zero-order valence-electron chi connectivity index (χ0n) is 8.65. The number of β-amino-alcohol motifs (C(OH)–C–C–N with tert-alkyl or cyclic N) is 1. The third kappa shape index (κ3) is 3.64. The van der Waals surface area contributed by atoms with Crippen LogP contribution < -0.4 is 0 Å². The van der Waals surface area contributed by atoms with Crippen molar-refractivity contribution in [1.82, 2.24) is 4.90 Å². The first-order chi connectivity index (χ1) is 6.59. The van der Waals surface area contributed by atoms with Crippen LogP contribution in [0.3, 0.4) is 0 Å². The Kier molecular flexibility index (Phi) is 4.35. The summed E-state index contributed by atoms with van der Waals surface area (Å²) in [5.74, 6) is -0.743. The van der Waals surface area contributed by atoms with Crippen molar-refractivity contribution in [3.63, 3.8) is 0 Å². The number of rotatable bonds is 4. The molecule has 2 atom stereocenters. The van der Waals surface area contributed by atoms with E-state index >= 15 is 0 Å². The quantitative estimate of drug-likeness (QED) is 0.702. The maximum absolute atomic E-state index is 10.6. The molecule has 0 bridgehead atoms. The van der Waals surface area contributed by atoms with Crippen LogP contribution in [0, 0.1) is 0 Å². The molecule has 1 saturated heterocycles. The van der Waals surface area contributed by atoms with Crippen molar-refractivity contribution in [3.05, 3.63) is 0 Å². The molecule has 0 amide bonds. The van der Waals surface area contributed by atoms with Crippen molar-refractivity contribution in [2.75, 3.05) is 13.1 Å². The van der Waals surface area contributed by atoms with Gasteiger partial charge in [0.25, 0.3) is 0 Å². The molecule has 1 aliphatic heterocycles. The lowest BCUT2D eigenvalue weighted by Gasteiger charge is -2.35. The van der Waals surface area contributed by atoms with Crippen molar-refractivity contribution >= 4 is 5.97 Å². The molecular weight excluding hydrogens is 182 g/mol. The molecule has 1 rings (SSSR count). The molecule has 14 heavy (non-hydrogen) atoms. The molecule has 0 spiro atoms. The van der Waals surface area contributed by atoms with E-state index in [9.17, 15) is 9.90 Å². The SMILES string of the molecule is CC(O)CN1CCCCC1CC(=O)O. The van der Waals surface area contributed by atoms with E-state index in [1.165, 1.54) is 0 Å². The molecule has 0 saturated carbocycles. The van der Waals surface area contributed by atoms with Crippen LogP contribution in [0.4, 0.5) is 0 Å². The summed E-state index contributed by atoms with van der Waals surface area (Å²) in [6, 6.07) is 0.121. The average Bonchev–Trinajstić information content (AvgIpc) is 2.06. The maximum Gasteiger partial charge on any atom is 0.304 e. The number of hydrogen-bond donors (Lipinski definition) is 2. The van der Waals surface area contributed by atoms with Gasteiger partial charge in [0.2, 0.25) is 0 Å². The minimum absolute atomic E-state index is 0.121. The highest BCUT2D eigenvalue weighted by atomic mass is 16.4. The Morgan fingerprint density at radius 3 is 2.86 bits per heavy atom. The summed E-state index contributed by atoms with van der Waals surface area (Å²) >= 11 is 0. The Morgan fingerprint density at radius 2 is 2.29 bits per heavy atom. The molecule has 0 aromatic rings. The van der Waals surface area contributed by atoms with E-state index in [1.54, 1.807) is 6.92 Å². The second-order valence-corrected chi connectivity index (χ2v) is 4.09. The molecule has 2 unspecified atom stereocenters. The summed E-state index contributed by atoms with van der Waals surface area (Å²) < 4.78 is 0. The molecule has 82 valence electrons. The van der Waals surface area contributed by atoms with Gasteiger partial charge in [0.1, 0.15) is 0 Å². The van der Waals surface area contributed by atoms with Crippen molar-refractivity contribution in [2.24, 2.45) is 0 Å². The summed E-state index contributed by atoms with van der Waals surface area (Å²) in [7, 11) is 0. The summed E-state index contributed by atoms with van der Waals surface area (Å²) in [4.78, 5) is 12.7. The first kappa shape index (κ1) is 11.5. The van der Waals surface area contributed by atoms with Crippen LogP contribution in [0.5, 0.6) is 0 Å². The number of aliphatic carboxylic acids is 1. The van der Waals surface area contributed by atoms with Gasteiger partial charge in [-0.1, -0.05) is 6.42 Å². The molecule has 2 N–H and O–H groups in total. The number of carbonyl (C=O) groups is 1. The van der Waals surface area contributed by atoms with Crippen LogP contribution in [-0.2, 0) is 4.79 Å². The van der Waals surface area contributed by atoms with Crippen LogP contribution in [0.2, 0.25) is 0 Å². The number of piperidine rings is 1. The van der Waals surface area contributed by atoms with Gasteiger partial charge in [-0.25, -0.2) is 0 Å². The lowest BCUT2D eigenvalue weighted by molar-refractivity contribution is -0.138. The molecule has 1 aliphatic rings. The van der Waals surface area contributed by atoms with E-state index < -0.39 is 5.97 Å². The Hall–Kier alpha value is -0.610. The first-order valence-electron chi connectivity index (χ1n) is 5.23. The highest BCUT2D eigenvalue weighted by Crippen LogP contribution is 2.19. The fourth-order valence-electron chi connectivity index (χ4n) is 2.07. The normalized spacial score (nSPS) is 26.0. The zero-order valence-corrected chi connectivity index (χ0v) is 8.65. The number of carboxylic acids is 1. The summed E-state index contributed by atoms with van der Waals surface area (Å²) in [6.45, 7) is 3.26. The smallest absolute Gasteiger partial charge is 0.304 e. The largest absolute Gasteiger partial charge is 0.481 e. The van der Waals surface area contributed by atoms with Gasteiger partial charge in [-0.15, -0.1) is 0 Å². The topological polar surface area (TPSA) is 60.8 Å². The van der Waals surface area contributed by atoms with Crippen LogP contribution in [0.1, 0.15) is 32.6 Å². The minimum Gasteiger partial charge on any atom is -0.481 e. The molecule has 4 nitrogen and oxygen atoms in total. The maximum atomic E-state index is 10.6. The molecular formula is C10H19NO3. The molecule has 0 radical (unpaired) electrons. The number of aliphatic hydroxyl groups excluding tert-OH is 1. The van der Waals surface area contributed by atoms with E-state index in [-0.39, 0.29) is 18.6 Å². The van der Waals surface area contributed by atoms with Crippen LogP contribution >= 0.6 is 0 Å². The number of likely N-dealkylation sites (tertiary alicyclic amines) is 1. The molecule has 4 heteroatoms. The van der Waals surface area contributed by atoms with Crippen molar-refractivity contribution in [1.29, 1.82) is 0 Å². The zero-order chi connectivity index (χ0) is 10.6.